The molecule has 0 unspecified atom stereocenters. The van der Waals surface area contributed by atoms with Gasteiger partial charge in [-0.3, -0.25) is 39.1 Å². The Morgan fingerprint density at radius 1 is 0.864 bits per heavy atom. The summed E-state index contributed by atoms with van der Waals surface area (Å²) in [5, 5.41) is 15.0. The van der Waals surface area contributed by atoms with E-state index in [1.54, 1.807) is 36.4 Å². The second-order valence-corrected chi connectivity index (χ2v) is 17.5. The summed E-state index contributed by atoms with van der Waals surface area (Å²) in [6.45, 7) is 14.4. The van der Waals surface area contributed by atoms with Crippen molar-refractivity contribution in [3.8, 4) is 17.6 Å². The Kier molecular flexibility index (Phi) is 12.2. The average Bonchev–Trinajstić information content (AvgIpc) is 3.46. The Morgan fingerprint density at radius 3 is 2.19 bits per heavy atom. The van der Waals surface area contributed by atoms with Gasteiger partial charge in [0, 0.05) is 67.6 Å². The Labute approximate surface area is 349 Å². The van der Waals surface area contributed by atoms with Crippen LogP contribution in [0.2, 0.25) is 5.02 Å². The molecule has 3 aromatic carbocycles. The van der Waals surface area contributed by atoms with Gasteiger partial charge in [-0.15, -0.1) is 0 Å². The van der Waals surface area contributed by atoms with E-state index >= 15 is 0 Å². The molecule has 0 radical (unpaired) electrons. The van der Waals surface area contributed by atoms with Crippen molar-refractivity contribution >= 4 is 41.1 Å². The van der Waals surface area contributed by atoms with E-state index in [9.17, 15) is 29.2 Å². The number of aryl methyl sites for hydroxylation is 1. The van der Waals surface area contributed by atoms with Gasteiger partial charge in [-0.05, 0) is 80.3 Å². The van der Waals surface area contributed by atoms with Crippen LogP contribution >= 0.6 is 11.6 Å². The molecule has 310 valence electrons. The number of carbonyl (C=O) groups excluding carboxylic acids is 5. The number of unbranched alkanes of at least 4 members (excludes halogenated alkanes) is 1. The molecule has 7 rings (SSSR count). The van der Waals surface area contributed by atoms with Crippen molar-refractivity contribution in [1.82, 2.24) is 25.3 Å². The van der Waals surface area contributed by atoms with E-state index in [-0.39, 0.29) is 52.9 Å². The van der Waals surface area contributed by atoms with Gasteiger partial charge >= 0.3 is 0 Å². The third-order valence-corrected chi connectivity index (χ3v) is 12.7. The topological polar surface area (TPSA) is 161 Å². The number of halogens is 1. The predicted octanol–water partition coefficient (Wildman–Crippen LogP) is 5.24. The maximum absolute atomic E-state index is 13.4. The van der Waals surface area contributed by atoms with Gasteiger partial charge in [0.05, 0.1) is 21.7 Å². The number of fused-ring (bicyclic) bond motifs is 1. The summed E-state index contributed by atoms with van der Waals surface area (Å²) < 4.78 is 12.3. The minimum atomic E-state index is -0.997. The van der Waals surface area contributed by atoms with E-state index < -0.39 is 29.7 Å². The predicted molar refractivity (Wildman–Crippen MR) is 220 cm³/mol. The Balaban J connectivity index is 0.786. The number of nitrogens with zero attached hydrogens (tertiary/aromatic N) is 4. The molecule has 0 bridgehead atoms. The maximum atomic E-state index is 13.4. The molecular weight excluding hydrogens is 772 g/mol. The number of nitrogens with one attached hydrogen (secondary N) is 2. The fraction of sp³-hybridized carbons (Fsp3) is 0.467. The normalized spacial score (nSPS) is 22.6. The number of ether oxygens (including phenoxy) is 2. The molecule has 13 nitrogen and oxygen atoms in total. The molecule has 1 atom stereocenters. The van der Waals surface area contributed by atoms with Crippen molar-refractivity contribution in [2.45, 2.75) is 78.0 Å². The van der Waals surface area contributed by atoms with Gasteiger partial charge in [0.1, 0.15) is 36.3 Å². The minimum absolute atomic E-state index is 0.0751. The summed E-state index contributed by atoms with van der Waals surface area (Å²) in [7, 11) is 0. The molecule has 3 aliphatic heterocycles. The van der Waals surface area contributed by atoms with Crippen molar-refractivity contribution in [1.29, 1.82) is 5.26 Å². The van der Waals surface area contributed by atoms with E-state index in [2.05, 4.69) is 54.2 Å². The molecule has 2 saturated heterocycles. The Hall–Kier alpha value is -5.29. The first-order valence-corrected chi connectivity index (χ1v) is 20.7. The Morgan fingerprint density at radius 2 is 1.53 bits per heavy atom. The number of nitriles is 1. The lowest BCUT2D eigenvalue weighted by atomic mass is 9.49. The molecule has 2 N–H and O–H groups in total. The van der Waals surface area contributed by atoms with Crippen molar-refractivity contribution in [2.75, 3.05) is 45.9 Å². The third-order valence-electron chi connectivity index (χ3n) is 12.4. The quantitative estimate of drug-likeness (QED) is 0.163. The summed E-state index contributed by atoms with van der Waals surface area (Å²) >= 11 is 6.24. The number of piperazine rings is 1. The van der Waals surface area contributed by atoms with Crippen LogP contribution in [0, 0.1) is 22.2 Å². The van der Waals surface area contributed by atoms with Crippen LogP contribution in [0.3, 0.4) is 0 Å². The fourth-order valence-corrected chi connectivity index (χ4v) is 9.58. The molecular formula is C45H51ClN6O7. The highest BCUT2D eigenvalue weighted by atomic mass is 35.5. The SMILES string of the molecule is CC1(C)C(NC(=O)c2ccc(CCCCN3CCN(CCOc4ccc5c(c4)C(=O)N([C@H]4CCC(=O)NC4=O)C5=O)CC3)cc2)C(C)(C)C1Oc1ccc(C#N)c(Cl)c1. The summed E-state index contributed by atoms with van der Waals surface area (Å²) in [5.74, 6) is -1.14. The highest BCUT2D eigenvalue weighted by Crippen LogP contribution is 2.55. The second kappa shape index (κ2) is 17.1. The monoisotopic (exact) mass is 822 g/mol. The summed E-state index contributed by atoms with van der Waals surface area (Å²) in [4.78, 5) is 69.1. The molecule has 3 fully saturated rings. The number of amides is 5. The molecule has 4 aliphatic rings. The first kappa shape index (κ1) is 41.9. The number of imide groups is 2. The van der Waals surface area contributed by atoms with Crippen LogP contribution in [0.25, 0.3) is 0 Å². The zero-order chi connectivity index (χ0) is 42.1. The molecule has 14 heteroatoms. The standard InChI is InChI=1S/C45H51ClN6O7/c1-44(2)42(45(3,4)43(44)59-32-13-12-30(27-47)35(46)26-32)49-38(54)29-10-8-28(9-11-29)7-5-6-18-50-19-21-51(22-20-50)23-24-58-31-14-15-33-34(25-31)41(57)52(40(33)56)36-16-17-37(53)48-39(36)55/h8-15,25-26,36,42-43H,5-7,16-24H2,1-4H3,(H,49,54)(H,48,53,55)/t36-,42?,43?/m0/s1. The number of benzene rings is 3. The lowest BCUT2D eigenvalue weighted by molar-refractivity contribution is -0.164. The van der Waals surface area contributed by atoms with Crippen molar-refractivity contribution < 1.29 is 33.4 Å². The van der Waals surface area contributed by atoms with Crippen molar-refractivity contribution in [3.63, 3.8) is 0 Å². The van der Waals surface area contributed by atoms with Gasteiger partial charge in [0.25, 0.3) is 17.7 Å². The highest BCUT2D eigenvalue weighted by molar-refractivity contribution is 6.31. The van der Waals surface area contributed by atoms with Crippen LogP contribution in [0.4, 0.5) is 0 Å². The molecule has 59 heavy (non-hydrogen) atoms. The Bertz CT molecular complexity index is 2160. The number of piperidine rings is 1. The molecule has 1 saturated carbocycles. The van der Waals surface area contributed by atoms with Crippen LogP contribution in [-0.4, -0.2) is 108 Å². The lowest BCUT2D eigenvalue weighted by Crippen LogP contribution is -2.74. The van der Waals surface area contributed by atoms with Crippen LogP contribution in [0.1, 0.15) is 95.6 Å². The molecule has 0 spiro atoms. The maximum Gasteiger partial charge on any atom is 0.262 e. The zero-order valence-corrected chi connectivity index (χ0v) is 34.8. The summed E-state index contributed by atoms with van der Waals surface area (Å²) in [6, 6.07) is 18.7. The van der Waals surface area contributed by atoms with E-state index in [4.69, 9.17) is 21.1 Å². The van der Waals surface area contributed by atoms with E-state index in [1.165, 1.54) is 5.56 Å². The van der Waals surface area contributed by atoms with Gasteiger partial charge in [0.2, 0.25) is 11.8 Å². The van der Waals surface area contributed by atoms with Crippen LogP contribution in [0.5, 0.6) is 11.5 Å². The number of hydrogen-bond donors (Lipinski definition) is 2. The van der Waals surface area contributed by atoms with E-state index in [1.807, 2.05) is 24.3 Å². The lowest BCUT2D eigenvalue weighted by Gasteiger charge is -2.63. The smallest absolute Gasteiger partial charge is 0.262 e. The highest BCUT2D eigenvalue weighted by Gasteiger charge is 2.64. The van der Waals surface area contributed by atoms with Gasteiger partial charge in [-0.1, -0.05) is 51.4 Å². The summed E-state index contributed by atoms with van der Waals surface area (Å²) in [5.41, 5.74) is 1.99. The summed E-state index contributed by atoms with van der Waals surface area (Å²) in [6.07, 6.45) is 3.09. The first-order chi connectivity index (χ1) is 28.2. The van der Waals surface area contributed by atoms with Crippen LogP contribution in [-0.2, 0) is 16.0 Å². The zero-order valence-electron chi connectivity index (χ0n) is 34.0. The molecule has 0 aromatic heterocycles. The first-order valence-electron chi connectivity index (χ1n) is 20.4. The molecule has 5 amide bonds. The second-order valence-electron chi connectivity index (χ2n) is 17.1. The van der Waals surface area contributed by atoms with Crippen LogP contribution in [0.15, 0.2) is 60.7 Å². The van der Waals surface area contributed by atoms with Crippen molar-refractivity contribution in [3.05, 3.63) is 93.5 Å². The van der Waals surface area contributed by atoms with Gasteiger partial charge in [-0.2, -0.15) is 5.26 Å². The van der Waals surface area contributed by atoms with Crippen LogP contribution < -0.4 is 20.1 Å². The van der Waals surface area contributed by atoms with Gasteiger partial charge in [-0.25, -0.2) is 0 Å². The molecule has 3 aromatic rings. The number of rotatable bonds is 14. The van der Waals surface area contributed by atoms with E-state index in [0.717, 1.165) is 63.4 Å². The van der Waals surface area contributed by atoms with E-state index in [0.29, 0.717) is 34.3 Å². The molecule has 1 aliphatic carbocycles. The minimum Gasteiger partial charge on any atom is -0.492 e. The van der Waals surface area contributed by atoms with Crippen molar-refractivity contribution in [2.24, 2.45) is 10.8 Å². The molecule has 3 heterocycles. The third kappa shape index (κ3) is 8.72. The largest absolute Gasteiger partial charge is 0.492 e. The number of hydrogen-bond acceptors (Lipinski definition) is 10. The fourth-order valence-electron chi connectivity index (χ4n) is 9.37. The van der Waals surface area contributed by atoms with Gasteiger partial charge < -0.3 is 19.7 Å². The van der Waals surface area contributed by atoms with Gasteiger partial charge in [0.15, 0.2) is 0 Å². The average molecular weight is 823 g/mol. The number of carbonyl (C=O) groups is 5.